The fourth-order valence-corrected chi connectivity index (χ4v) is 4.07. The molecule has 0 amide bonds. The summed E-state index contributed by atoms with van der Waals surface area (Å²) in [7, 11) is 0. The summed E-state index contributed by atoms with van der Waals surface area (Å²) in [6.07, 6.45) is 11.0. The second kappa shape index (κ2) is 7.71. The molecule has 1 aromatic rings. The number of hydrogen-bond donors (Lipinski definition) is 2. The largest absolute Gasteiger partial charge is 0.344 e. The molecular formula is C15H26ClN3S. The highest BCUT2D eigenvalue weighted by atomic mass is 35.5. The van der Waals surface area contributed by atoms with Gasteiger partial charge in [0.05, 0.1) is 5.69 Å². The molecule has 5 heteroatoms. The molecule has 20 heavy (non-hydrogen) atoms. The van der Waals surface area contributed by atoms with E-state index in [9.17, 15) is 0 Å². The van der Waals surface area contributed by atoms with Crippen molar-refractivity contribution in [3.63, 3.8) is 0 Å². The van der Waals surface area contributed by atoms with Gasteiger partial charge in [-0.05, 0) is 25.5 Å². The molecule has 0 unspecified atom stereocenters. The van der Waals surface area contributed by atoms with Crippen LogP contribution in [0.2, 0.25) is 5.15 Å². The number of halogens is 1. The lowest BCUT2D eigenvalue weighted by Crippen LogP contribution is -2.34. The molecule has 1 saturated carbocycles. The predicted molar refractivity (Wildman–Crippen MR) is 88.6 cm³/mol. The number of aryl methyl sites for hydroxylation is 1. The molecule has 1 aliphatic carbocycles. The monoisotopic (exact) mass is 315 g/mol. The molecule has 1 aromatic heterocycles. The average Bonchev–Trinajstić information content (AvgIpc) is 3.05. The van der Waals surface area contributed by atoms with Gasteiger partial charge in [-0.3, -0.25) is 0 Å². The molecule has 2 rings (SSSR count). The van der Waals surface area contributed by atoms with Crippen LogP contribution in [0.5, 0.6) is 0 Å². The van der Waals surface area contributed by atoms with E-state index < -0.39 is 0 Å². The Morgan fingerprint density at radius 1 is 1.40 bits per heavy atom. The smallest absolute Gasteiger partial charge is 0.151 e. The molecule has 0 spiro atoms. The lowest BCUT2D eigenvalue weighted by molar-refractivity contribution is 0.531. The van der Waals surface area contributed by atoms with Gasteiger partial charge in [-0.2, -0.15) is 11.8 Å². The Kier molecular flexibility index (Phi) is 6.24. The van der Waals surface area contributed by atoms with Crippen LogP contribution >= 0.6 is 23.4 Å². The summed E-state index contributed by atoms with van der Waals surface area (Å²) in [5.41, 5.74) is 1.03. The first kappa shape index (κ1) is 16.2. The number of nitrogens with zero attached hydrogens (tertiary/aromatic N) is 1. The SMILES string of the molecule is CCCCc1nc(Cl)c(CNCC2(SC)CCCC2)[nH]1. The Morgan fingerprint density at radius 3 is 2.80 bits per heavy atom. The van der Waals surface area contributed by atoms with E-state index in [1.54, 1.807) is 0 Å². The third kappa shape index (κ3) is 4.15. The molecule has 1 aliphatic rings. The second-order valence-electron chi connectivity index (χ2n) is 5.75. The number of aromatic amines is 1. The minimum absolute atomic E-state index is 0.442. The van der Waals surface area contributed by atoms with Gasteiger partial charge >= 0.3 is 0 Å². The molecule has 2 N–H and O–H groups in total. The summed E-state index contributed by atoms with van der Waals surface area (Å²) in [6, 6.07) is 0. The van der Waals surface area contributed by atoms with Gasteiger partial charge in [0.2, 0.25) is 0 Å². The highest BCUT2D eigenvalue weighted by molar-refractivity contribution is 8.00. The summed E-state index contributed by atoms with van der Waals surface area (Å²) in [5, 5.41) is 4.20. The maximum absolute atomic E-state index is 6.20. The highest BCUT2D eigenvalue weighted by Crippen LogP contribution is 2.39. The van der Waals surface area contributed by atoms with Gasteiger partial charge in [0.25, 0.3) is 0 Å². The van der Waals surface area contributed by atoms with Crippen molar-refractivity contribution in [2.24, 2.45) is 0 Å². The third-order valence-corrected chi connectivity index (χ3v) is 5.97. The number of nitrogens with one attached hydrogen (secondary N) is 2. The number of rotatable bonds is 8. The molecule has 1 fully saturated rings. The number of H-pyrrole nitrogens is 1. The number of hydrogen-bond acceptors (Lipinski definition) is 3. The fourth-order valence-electron chi connectivity index (χ4n) is 2.91. The van der Waals surface area contributed by atoms with E-state index in [4.69, 9.17) is 11.6 Å². The molecule has 0 radical (unpaired) electrons. The molecule has 0 saturated heterocycles. The Morgan fingerprint density at radius 2 is 2.15 bits per heavy atom. The summed E-state index contributed by atoms with van der Waals surface area (Å²) in [6.45, 7) is 4.05. The number of aromatic nitrogens is 2. The van der Waals surface area contributed by atoms with Crippen LogP contribution < -0.4 is 5.32 Å². The molecule has 1 heterocycles. The first-order valence-electron chi connectivity index (χ1n) is 7.68. The zero-order chi connectivity index (χ0) is 14.4. The van der Waals surface area contributed by atoms with Crippen LogP contribution in [0.15, 0.2) is 0 Å². The topological polar surface area (TPSA) is 40.7 Å². The molecule has 0 atom stereocenters. The Bertz CT molecular complexity index is 413. The number of thioether (sulfide) groups is 1. The lowest BCUT2D eigenvalue weighted by Gasteiger charge is -2.26. The van der Waals surface area contributed by atoms with E-state index in [2.05, 4.69) is 28.5 Å². The Hall–Kier alpha value is -0.190. The second-order valence-corrected chi connectivity index (χ2v) is 7.39. The van der Waals surface area contributed by atoms with Crippen LogP contribution in [0.25, 0.3) is 0 Å². The van der Waals surface area contributed by atoms with Gasteiger partial charge in [0.15, 0.2) is 5.15 Å². The zero-order valence-electron chi connectivity index (χ0n) is 12.6. The number of imidazole rings is 1. The van der Waals surface area contributed by atoms with Crippen molar-refractivity contribution in [2.75, 3.05) is 12.8 Å². The third-order valence-electron chi connectivity index (χ3n) is 4.24. The van der Waals surface area contributed by atoms with Crippen molar-refractivity contribution in [1.82, 2.24) is 15.3 Å². The lowest BCUT2D eigenvalue weighted by atomic mass is 10.1. The summed E-state index contributed by atoms with van der Waals surface area (Å²) in [5.74, 6) is 1.02. The summed E-state index contributed by atoms with van der Waals surface area (Å²) < 4.78 is 0.442. The minimum atomic E-state index is 0.442. The molecule has 0 aromatic carbocycles. The van der Waals surface area contributed by atoms with Crippen LogP contribution in [-0.4, -0.2) is 27.5 Å². The van der Waals surface area contributed by atoms with Crippen molar-refractivity contribution in [2.45, 2.75) is 63.2 Å². The summed E-state index contributed by atoms with van der Waals surface area (Å²) >= 11 is 8.21. The van der Waals surface area contributed by atoms with Gasteiger partial charge in [0, 0.05) is 24.3 Å². The fraction of sp³-hybridized carbons (Fsp3) is 0.800. The highest BCUT2D eigenvalue weighted by Gasteiger charge is 2.32. The van der Waals surface area contributed by atoms with Gasteiger partial charge < -0.3 is 10.3 Å². The van der Waals surface area contributed by atoms with E-state index in [1.165, 1.54) is 32.1 Å². The Labute approximate surface area is 131 Å². The predicted octanol–water partition coefficient (Wildman–Crippen LogP) is 4.17. The normalized spacial score (nSPS) is 17.8. The van der Waals surface area contributed by atoms with Crippen molar-refractivity contribution >= 4 is 23.4 Å². The molecule has 0 bridgehead atoms. The van der Waals surface area contributed by atoms with Gasteiger partial charge in [-0.15, -0.1) is 0 Å². The van der Waals surface area contributed by atoms with Crippen molar-refractivity contribution in [1.29, 1.82) is 0 Å². The Balaban J connectivity index is 1.82. The number of unbranched alkanes of at least 4 members (excludes halogenated alkanes) is 1. The summed E-state index contributed by atoms with van der Waals surface area (Å²) in [4.78, 5) is 7.76. The van der Waals surface area contributed by atoms with E-state index in [1.807, 2.05) is 11.8 Å². The zero-order valence-corrected chi connectivity index (χ0v) is 14.2. The minimum Gasteiger partial charge on any atom is -0.344 e. The first-order valence-corrected chi connectivity index (χ1v) is 9.28. The molecule has 3 nitrogen and oxygen atoms in total. The van der Waals surface area contributed by atoms with E-state index in [0.717, 1.165) is 37.4 Å². The molecule has 114 valence electrons. The average molecular weight is 316 g/mol. The van der Waals surface area contributed by atoms with Gasteiger partial charge in [-0.1, -0.05) is 37.8 Å². The first-order chi connectivity index (χ1) is 9.69. The maximum Gasteiger partial charge on any atom is 0.151 e. The van der Waals surface area contributed by atoms with E-state index in [-0.39, 0.29) is 0 Å². The molecule has 0 aliphatic heterocycles. The van der Waals surface area contributed by atoms with E-state index >= 15 is 0 Å². The van der Waals surface area contributed by atoms with Crippen LogP contribution in [-0.2, 0) is 13.0 Å². The van der Waals surface area contributed by atoms with Gasteiger partial charge in [-0.25, -0.2) is 4.98 Å². The van der Waals surface area contributed by atoms with E-state index in [0.29, 0.717) is 9.90 Å². The van der Waals surface area contributed by atoms with Crippen molar-refractivity contribution < 1.29 is 0 Å². The van der Waals surface area contributed by atoms with Crippen molar-refractivity contribution in [3.05, 3.63) is 16.7 Å². The maximum atomic E-state index is 6.20. The quantitative estimate of drug-likeness (QED) is 0.756. The van der Waals surface area contributed by atoms with Crippen LogP contribution in [0, 0.1) is 0 Å². The van der Waals surface area contributed by atoms with Crippen LogP contribution in [0.3, 0.4) is 0 Å². The van der Waals surface area contributed by atoms with Gasteiger partial charge in [0.1, 0.15) is 5.82 Å². The van der Waals surface area contributed by atoms with Crippen LogP contribution in [0.1, 0.15) is 57.0 Å². The standard InChI is InChI=1S/C15H26ClN3S/c1-3-4-7-13-18-12(14(16)19-13)10-17-11-15(20-2)8-5-6-9-15/h17H,3-11H2,1-2H3,(H,18,19). The van der Waals surface area contributed by atoms with Crippen LogP contribution in [0.4, 0.5) is 0 Å². The molecular weight excluding hydrogens is 290 g/mol. The van der Waals surface area contributed by atoms with Crippen molar-refractivity contribution in [3.8, 4) is 0 Å².